The maximum absolute atomic E-state index is 12.7. The molecule has 1 fully saturated rings. The van der Waals surface area contributed by atoms with E-state index in [0.717, 1.165) is 36.0 Å². The third-order valence-corrected chi connectivity index (χ3v) is 4.11. The van der Waals surface area contributed by atoms with Crippen LogP contribution in [-0.4, -0.2) is 35.0 Å². The molecule has 1 amide bonds. The van der Waals surface area contributed by atoms with Crippen LogP contribution >= 0.6 is 0 Å². The van der Waals surface area contributed by atoms with Gasteiger partial charge in [-0.2, -0.15) is 0 Å². The quantitative estimate of drug-likeness (QED) is 0.850. The van der Waals surface area contributed by atoms with Crippen molar-refractivity contribution in [2.45, 2.75) is 39.3 Å². The molecule has 1 aliphatic rings. The van der Waals surface area contributed by atoms with Gasteiger partial charge in [0, 0.05) is 18.5 Å². The van der Waals surface area contributed by atoms with Crippen molar-refractivity contribution in [3.63, 3.8) is 0 Å². The molecule has 1 aromatic heterocycles. The number of hydrogen-bond acceptors (Lipinski definition) is 3. The third-order valence-electron chi connectivity index (χ3n) is 4.11. The first-order chi connectivity index (χ1) is 11.1. The van der Waals surface area contributed by atoms with E-state index in [1.165, 1.54) is 0 Å². The second-order valence-corrected chi connectivity index (χ2v) is 6.61. The van der Waals surface area contributed by atoms with Gasteiger partial charge < -0.3 is 9.64 Å². The van der Waals surface area contributed by atoms with Crippen LogP contribution in [0.1, 0.15) is 32.4 Å². The lowest BCUT2D eigenvalue weighted by atomic mass is 10.1. The molecule has 0 N–H and O–H groups in total. The topological polar surface area (TPSA) is 42.4 Å². The Morgan fingerprint density at radius 3 is 2.87 bits per heavy atom. The molecule has 23 heavy (non-hydrogen) atoms. The van der Waals surface area contributed by atoms with Gasteiger partial charge in [-0.25, -0.2) is 0 Å². The summed E-state index contributed by atoms with van der Waals surface area (Å²) >= 11 is 0. The van der Waals surface area contributed by atoms with E-state index in [0.29, 0.717) is 19.1 Å². The van der Waals surface area contributed by atoms with Crippen LogP contribution in [0.25, 0.3) is 10.9 Å². The molecule has 0 bridgehead atoms. The summed E-state index contributed by atoms with van der Waals surface area (Å²) < 4.78 is 5.57. The van der Waals surface area contributed by atoms with Crippen LogP contribution in [0.15, 0.2) is 36.4 Å². The molecule has 122 valence electrons. The van der Waals surface area contributed by atoms with Crippen LogP contribution < -0.4 is 0 Å². The van der Waals surface area contributed by atoms with Crippen molar-refractivity contribution < 1.29 is 9.53 Å². The minimum Gasteiger partial charge on any atom is -0.368 e. The average molecular weight is 312 g/mol. The molecular weight excluding hydrogens is 288 g/mol. The zero-order chi connectivity index (χ0) is 16.2. The minimum atomic E-state index is -0.269. The predicted molar refractivity (Wildman–Crippen MR) is 91.0 cm³/mol. The summed E-state index contributed by atoms with van der Waals surface area (Å²) in [4.78, 5) is 19.3. The highest BCUT2D eigenvalue weighted by atomic mass is 16.5. The smallest absolute Gasteiger partial charge is 0.252 e. The second kappa shape index (κ2) is 7.09. The van der Waals surface area contributed by atoms with E-state index in [4.69, 9.17) is 9.72 Å². The molecule has 0 saturated carbocycles. The summed E-state index contributed by atoms with van der Waals surface area (Å²) in [5.74, 6) is 0.520. The molecule has 3 rings (SSSR count). The van der Waals surface area contributed by atoms with Crippen LogP contribution in [0.3, 0.4) is 0 Å². The molecule has 1 atom stereocenters. The van der Waals surface area contributed by atoms with Gasteiger partial charge in [0.15, 0.2) is 0 Å². The van der Waals surface area contributed by atoms with Crippen molar-refractivity contribution in [1.82, 2.24) is 9.88 Å². The van der Waals surface area contributed by atoms with E-state index in [2.05, 4.69) is 26.0 Å². The molecule has 0 spiro atoms. The number of carbonyl (C=O) groups excluding carboxylic acids is 1. The molecule has 1 aliphatic heterocycles. The fraction of sp³-hybridized carbons (Fsp3) is 0.474. The van der Waals surface area contributed by atoms with Crippen LogP contribution in [0.2, 0.25) is 0 Å². The molecule has 0 aliphatic carbocycles. The van der Waals surface area contributed by atoms with Gasteiger partial charge in [0.05, 0.1) is 17.8 Å². The fourth-order valence-corrected chi connectivity index (χ4v) is 3.04. The number of benzene rings is 1. The molecule has 2 aromatic rings. The van der Waals surface area contributed by atoms with Crippen LogP contribution in [0.4, 0.5) is 0 Å². The zero-order valence-corrected chi connectivity index (χ0v) is 13.9. The molecule has 1 aromatic carbocycles. The van der Waals surface area contributed by atoms with Gasteiger partial charge in [-0.15, -0.1) is 0 Å². The summed E-state index contributed by atoms with van der Waals surface area (Å²) in [5, 5.41) is 1.12. The first kappa shape index (κ1) is 15.9. The number of ether oxygens (including phenoxy) is 1. The van der Waals surface area contributed by atoms with E-state index in [1.54, 1.807) is 0 Å². The first-order valence-electron chi connectivity index (χ1n) is 8.38. The number of rotatable bonds is 5. The average Bonchev–Trinajstić information content (AvgIpc) is 3.07. The number of pyridine rings is 1. The summed E-state index contributed by atoms with van der Waals surface area (Å²) in [6.45, 7) is 6.22. The Labute approximate surface area is 137 Å². The Hall–Kier alpha value is -1.94. The Morgan fingerprint density at radius 1 is 1.30 bits per heavy atom. The second-order valence-electron chi connectivity index (χ2n) is 6.61. The molecule has 0 unspecified atom stereocenters. The van der Waals surface area contributed by atoms with Crippen molar-refractivity contribution in [2.24, 2.45) is 5.92 Å². The summed E-state index contributed by atoms with van der Waals surface area (Å²) in [7, 11) is 0. The molecule has 2 heterocycles. The predicted octanol–water partition coefficient (Wildman–Crippen LogP) is 3.40. The number of para-hydroxylation sites is 1. The maximum atomic E-state index is 12.7. The van der Waals surface area contributed by atoms with Gasteiger partial charge in [0.1, 0.15) is 6.10 Å². The fourth-order valence-electron chi connectivity index (χ4n) is 3.04. The number of fused-ring (bicyclic) bond motifs is 1. The lowest BCUT2D eigenvalue weighted by Gasteiger charge is -2.26. The van der Waals surface area contributed by atoms with E-state index in [1.807, 2.05) is 29.2 Å². The highest BCUT2D eigenvalue weighted by molar-refractivity contribution is 5.81. The standard InChI is InChI=1S/C19H24N2O2/c1-14(2)12-21(19(22)18-8-5-11-23-18)13-16-10-9-15-6-3-4-7-17(15)20-16/h3-4,6-7,9-10,14,18H,5,8,11-13H2,1-2H3/t18-/m1/s1. The van der Waals surface area contributed by atoms with Gasteiger partial charge >= 0.3 is 0 Å². The largest absolute Gasteiger partial charge is 0.368 e. The van der Waals surface area contributed by atoms with Crippen molar-refractivity contribution in [3.8, 4) is 0 Å². The highest BCUT2D eigenvalue weighted by Crippen LogP contribution is 2.18. The summed E-state index contributed by atoms with van der Waals surface area (Å²) in [5.41, 5.74) is 1.90. The Kier molecular flexibility index (Phi) is 4.91. The minimum absolute atomic E-state index is 0.103. The van der Waals surface area contributed by atoms with Gasteiger partial charge in [-0.1, -0.05) is 38.1 Å². The van der Waals surface area contributed by atoms with E-state index in [9.17, 15) is 4.79 Å². The third kappa shape index (κ3) is 3.88. The SMILES string of the molecule is CC(C)CN(Cc1ccc2ccccc2n1)C(=O)[C@H]1CCCO1. The van der Waals surface area contributed by atoms with Crippen LogP contribution in [0, 0.1) is 5.92 Å². The number of nitrogens with zero attached hydrogens (tertiary/aromatic N) is 2. The lowest BCUT2D eigenvalue weighted by molar-refractivity contribution is -0.142. The highest BCUT2D eigenvalue weighted by Gasteiger charge is 2.28. The van der Waals surface area contributed by atoms with Gasteiger partial charge in [0.2, 0.25) is 0 Å². The first-order valence-corrected chi connectivity index (χ1v) is 8.38. The lowest BCUT2D eigenvalue weighted by Crippen LogP contribution is -2.40. The normalized spacial score (nSPS) is 17.8. The Morgan fingerprint density at radius 2 is 2.13 bits per heavy atom. The molecule has 4 nitrogen and oxygen atoms in total. The number of carbonyl (C=O) groups is 1. The van der Waals surface area contributed by atoms with Crippen LogP contribution in [-0.2, 0) is 16.1 Å². The van der Waals surface area contributed by atoms with Gasteiger partial charge in [-0.05, 0) is 30.9 Å². The number of aromatic nitrogens is 1. The number of hydrogen-bond donors (Lipinski definition) is 0. The van der Waals surface area contributed by atoms with Crippen molar-refractivity contribution in [2.75, 3.05) is 13.2 Å². The van der Waals surface area contributed by atoms with E-state index < -0.39 is 0 Å². The molecular formula is C19H24N2O2. The summed E-state index contributed by atoms with van der Waals surface area (Å²) in [6.07, 6.45) is 1.54. The molecule has 4 heteroatoms. The van der Waals surface area contributed by atoms with Crippen molar-refractivity contribution in [1.29, 1.82) is 0 Å². The van der Waals surface area contributed by atoms with Crippen molar-refractivity contribution in [3.05, 3.63) is 42.1 Å². The summed E-state index contributed by atoms with van der Waals surface area (Å²) in [6, 6.07) is 12.1. The zero-order valence-electron chi connectivity index (χ0n) is 13.9. The van der Waals surface area contributed by atoms with E-state index in [-0.39, 0.29) is 12.0 Å². The molecule has 0 radical (unpaired) electrons. The molecule has 1 saturated heterocycles. The Balaban J connectivity index is 1.79. The van der Waals surface area contributed by atoms with Gasteiger partial charge in [0.25, 0.3) is 5.91 Å². The Bertz CT molecular complexity index is 678. The number of amides is 1. The van der Waals surface area contributed by atoms with Crippen LogP contribution in [0.5, 0.6) is 0 Å². The van der Waals surface area contributed by atoms with Gasteiger partial charge in [-0.3, -0.25) is 9.78 Å². The maximum Gasteiger partial charge on any atom is 0.252 e. The monoisotopic (exact) mass is 312 g/mol. The van der Waals surface area contributed by atoms with E-state index >= 15 is 0 Å². The van der Waals surface area contributed by atoms with Crippen molar-refractivity contribution >= 4 is 16.8 Å².